The highest BCUT2D eigenvalue weighted by Crippen LogP contribution is 1.96. The van der Waals surface area contributed by atoms with Crippen molar-refractivity contribution in [1.29, 1.82) is 0 Å². The Morgan fingerprint density at radius 1 is 1.88 bits per heavy atom. The van der Waals surface area contributed by atoms with E-state index in [1.54, 1.807) is 13.8 Å². The quantitative estimate of drug-likeness (QED) is 0.349. The van der Waals surface area contributed by atoms with E-state index in [2.05, 4.69) is 17.4 Å². The van der Waals surface area contributed by atoms with Crippen molar-refractivity contribution in [1.82, 2.24) is 0 Å². The molecule has 0 aromatic rings. The lowest BCUT2D eigenvalue weighted by Crippen LogP contribution is -2.07. The smallest absolute Gasteiger partial charge is 0.306 e. The summed E-state index contributed by atoms with van der Waals surface area (Å²) in [6.07, 6.45) is 0.422. The first-order valence-corrected chi connectivity index (χ1v) is 3.06. The molecule has 0 rings (SSSR count). The predicted molar refractivity (Wildman–Crippen MR) is 34.8 cm³/mol. The van der Waals surface area contributed by atoms with Crippen molar-refractivity contribution in [2.45, 2.75) is 25.7 Å². The normalized spacial score (nSPS) is 12.9. The third-order valence-corrected chi connectivity index (χ3v) is 0.696. The minimum atomic E-state index is -0.276. The highest BCUT2D eigenvalue weighted by molar-refractivity contribution is 7.80. The van der Waals surface area contributed by atoms with Crippen molar-refractivity contribution in [3.8, 4) is 0 Å². The minimum Gasteiger partial charge on any atom is -0.452 e. The van der Waals surface area contributed by atoms with Gasteiger partial charge in [0.1, 0.15) is 5.44 Å². The Morgan fingerprint density at radius 2 is 2.38 bits per heavy atom. The fourth-order valence-electron chi connectivity index (χ4n) is 0.274. The summed E-state index contributed by atoms with van der Waals surface area (Å²) in [5.41, 5.74) is -0.276. The van der Waals surface area contributed by atoms with Gasteiger partial charge >= 0.3 is 5.97 Å². The molecule has 0 N–H and O–H groups in total. The average molecular weight is 134 g/mol. The van der Waals surface area contributed by atoms with Crippen molar-refractivity contribution in [2.24, 2.45) is 0 Å². The molecule has 1 atom stereocenters. The second-order valence-corrected chi connectivity index (χ2v) is 2.17. The molecule has 0 saturated heterocycles. The van der Waals surface area contributed by atoms with Gasteiger partial charge in [-0.15, -0.1) is 12.6 Å². The van der Waals surface area contributed by atoms with Crippen LogP contribution in [0.4, 0.5) is 0 Å². The molecule has 0 radical (unpaired) electrons. The van der Waals surface area contributed by atoms with Crippen molar-refractivity contribution < 1.29 is 9.53 Å². The number of rotatable bonds is 2. The van der Waals surface area contributed by atoms with Crippen LogP contribution in [0.15, 0.2) is 0 Å². The standard InChI is InChI=1S/C5H10O2S/c1-3-5(6)7-4(2)8/h4,8H,3H2,1-2H3. The van der Waals surface area contributed by atoms with Gasteiger partial charge in [-0.2, -0.15) is 0 Å². The van der Waals surface area contributed by atoms with E-state index in [9.17, 15) is 4.79 Å². The maximum atomic E-state index is 10.4. The minimum absolute atomic E-state index is 0.201. The number of hydrogen-bond acceptors (Lipinski definition) is 3. The van der Waals surface area contributed by atoms with Gasteiger partial charge in [0.05, 0.1) is 0 Å². The molecule has 0 aliphatic heterocycles. The molecule has 0 heterocycles. The van der Waals surface area contributed by atoms with Gasteiger partial charge in [0.25, 0.3) is 0 Å². The van der Waals surface area contributed by atoms with Crippen LogP contribution >= 0.6 is 12.6 Å². The molecular weight excluding hydrogens is 124 g/mol. The van der Waals surface area contributed by atoms with E-state index in [1.165, 1.54) is 0 Å². The van der Waals surface area contributed by atoms with Crippen LogP contribution in [-0.2, 0) is 9.53 Å². The summed E-state index contributed by atoms with van der Waals surface area (Å²) in [7, 11) is 0. The van der Waals surface area contributed by atoms with Crippen LogP contribution in [0.1, 0.15) is 20.3 Å². The fraction of sp³-hybridized carbons (Fsp3) is 0.800. The third kappa shape index (κ3) is 3.99. The van der Waals surface area contributed by atoms with Gasteiger partial charge in [0, 0.05) is 6.42 Å². The molecule has 0 aromatic heterocycles. The Morgan fingerprint density at radius 3 is 2.50 bits per heavy atom. The summed E-state index contributed by atoms with van der Waals surface area (Å²) < 4.78 is 4.62. The van der Waals surface area contributed by atoms with Gasteiger partial charge in [-0.3, -0.25) is 4.79 Å². The first-order valence-electron chi connectivity index (χ1n) is 2.54. The van der Waals surface area contributed by atoms with Gasteiger partial charge < -0.3 is 4.74 Å². The highest BCUT2D eigenvalue weighted by atomic mass is 32.1. The number of carbonyl (C=O) groups excluding carboxylic acids is 1. The van der Waals surface area contributed by atoms with E-state index < -0.39 is 0 Å². The monoisotopic (exact) mass is 134 g/mol. The lowest BCUT2D eigenvalue weighted by Gasteiger charge is -2.03. The van der Waals surface area contributed by atoms with Crippen LogP contribution in [0.2, 0.25) is 0 Å². The molecule has 2 nitrogen and oxygen atoms in total. The predicted octanol–water partition coefficient (Wildman–Crippen LogP) is 1.22. The molecular formula is C5H10O2S. The first-order chi connectivity index (χ1) is 3.66. The van der Waals surface area contributed by atoms with Crippen LogP contribution in [0.3, 0.4) is 0 Å². The second-order valence-electron chi connectivity index (χ2n) is 1.44. The van der Waals surface area contributed by atoms with Crippen LogP contribution in [-0.4, -0.2) is 11.4 Å². The molecule has 0 bridgehead atoms. The third-order valence-electron chi connectivity index (χ3n) is 0.591. The van der Waals surface area contributed by atoms with E-state index in [4.69, 9.17) is 0 Å². The van der Waals surface area contributed by atoms with Crippen LogP contribution in [0, 0.1) is 0 Å². The number of carbonyl (C=O) groups is 1. The zero-order valence-corrected chi connectivity index (χ0v) is 5.94. The van der Waals surface area contributed by atoms with Gasteiger partial charge in [0.15, 0.2) is 0 Å². The summed E-state index contributed by atoms with van der Waals surface area (Å²) >= 11 is 3.85. The molecule has 3 heteroatoms. The highest BCUT2D eigenvalue weighted by Gasteiger charge is 1.99. The lowest BCUT2D eigenvalue weighted by atomic mass is 10.5. The number of thiol groups is 1. The molecule has 8 heavy (non-hydrogen) atoms. The zero-order chi connectivity index (χ0) is 6.57. The molecule has 0 fully saturated rings. The van der Waals surface area contributed by atoms with Crippen LogP contribution < -0.4 is 0 Å². The van der Waals surface area contributed by atoms with E-state index in [0.29, 0.717) is 6.42 Å². The Hall–Kier alpha value is -0.180. The summed E-state index contributed by atoms with van der Waals surface area (Å²) in [6, 6.07) is 0. The van der Waals surface area contributed by atoms with Crippen LogP contribution in [0.5, 0.6) is 0 Å². The Labute approximate surface area is 54.6 Å². The zero-order valence-electron chi connectivity index (χ0n) is 5.05. The van der Waals surface area contributed by atoms with Gasteiger partial charge in [0.2, 0.25) is 0 Å². The summed E-state index contributed by atoms with van der Waals surface area (Å²) in [4.78, 5) is 10.4. The van der Waals surface area contributed by atoms with Crippen molar-refractivity contribution in [3.63, 3.8) is 0 Å². The second kappa shape index (κ2) is 3.78. The number of ether oxygens (including phenoxy) is 1. The first kappa shape index (κ1) is 7.82. The van der Waals surface area contributed by atoms with E-state index >= 15 is 0 Å². The molecule has 0 amide bonds. The maximum absolute atomic E-state index is 10.4. The topological polar surface area (TPSA) is 26.3 Å². The molecule has 0 aliphatic carbocycles. The van der Waals surface area contributed by atoms with Gasteiger partial charge in [-0.1, -0.05) is 6.92 Å². The van der Waals surface area contributed by atoms with Crippen molar-refractivity contribution in [2.75, 3.05) is 0 Å². The molecule has 0 saturated carbocycles. The van der Waals surface area contributed by atoms with Gasteiger partial charge in [-0.05, 0) is 6.92 Å². The number of hydrogen-bond donors (Lipinski definition) is 1. The van der Waals surface area contributed by atoms with Crippen molar-refractivity contribution >= 4 is 18.6 Å². The largest absolute Gasteiger partial charge is 0.452 e. The van der Waals surface area contributed by atoms with E-state index in [0.717, 1.165) is 0 Å². The molecule has 1 unspecified atom stereocenters. The molecule has 48 valence electrons. The summed E-state index contributed by atoms with van der Waals surface area (Å²) in [5, 5.41) is 0. The van der Waals surface area contributed by atoms with Crippen molar-refractivity contribution in [3.05, 3.63) is 0 Å². The Bertz CT molecular complexity index is 80.5. The fourth-order valence-corrected chi connectivity index (χ4v) is 0.391. The Kier molecular flexibility index (Phi) is 3.69. The Balaban J connectivity index is 3.25. The van der Waals surface area contributed by atoms with Gasteiger partial charge in [-0.25, -0.2) is 0 Å². The summed E-state index contributed by atoms with van der Waals surface area (Å²) in [5.74, 6) is -0.201. The SMILES string of the molecule is CCC(=O)OC(C)S. The average Bonchev–Trinajstić information content (AvgIpc) is 1.65. The molecule has 0 aromatic carbocycles. The number of esters is 1. The maximum Gasteiger partial charge on any atom is 0.306 e. The van der Waals surface area contributed by atoms with E-state index in [1.807, 2.05) is 0 Å². The van der Waals surface area contributed by atoms with Crippen LogP contribution in [0.25, 0.3) is 0 Å². The summed E-state index contributed by atoms with van der Waals surface area (Å²) in [6.45, 7) is 3.45. The molecule has 0 spiro atoms. The molecule has 0 aliphatic rings. The van der Waals surface area contributed by atoms with E-state index in [-0.39, 0.29) is 11.4 Å². The lowest BCUT2D eigenvalue weighted by molar-refractivity contribution is -0.144.